The Kier molecular flexibility index (Phi) is 5.03. The molecule has 1 aliphatic rings. The van der Waals surface area contributed by atoms with Crippen molar-refractivity contribution < 1.29 is 13.6 Å². The maximum absolute atomic E-state index is 14.7. The van der Waals surface area contributed by atoms with Crippen molar-refractivity contribution in [3.8, 4) is 0 Å². The smallest absolute Gasteiger partial charge is 0.291 e. The number of para-hydroxylation sites is 1. The van der Waals surface area contributed by atoms with Crippen molar-refractivity contribution in [1.82, 2.24) is 5.32 Å². The number of fused-ring (bicyclic) bond motifs is 2. The molecule has 0 saturated carbocycles. The van der Waals surface area contributed by atoms with Crippen LogP contribution in [0.5, 0.6) is 0 Å². The van der Waals surface area contributed by atoms with Gasteiger partial charge in [0.05, 0.1) is 5.69 Å². The Labute approximate surface area is 157 Å². The van der Waals surface area contributed by atoms with Gasteiger partial charge in [-0.15, -0.1) is 12.4 Å². The molecule has 0 fully saturated rings. The first-order valence-corrected chi connectivity index (χ1v) is 8.37. The van der Waals surface area contributed by atoms with Gasteiger partial charge in [-0.25, -0.2) is 4.39 Å². The summed E-state index contributed by atoms with van der Waals surface area (Å²) in [6, 6.07) is 9.26. The monoisotopic (exact) mass is 374 g/mol. The summed E-state index contributed by atoms with van der Waals surface area (Å²) in [6.07, 6.45) is 0.619. The third-order valence-electron chi connectivity index (χ3n) is 4.82. The highest BCUT2D eigenvalue weighted by Gasteiger charge is 2.22. The number of carbonyl (C=O) groups is 1. The molecule has 2 heterocycles. The number of hydrogen-bond acceptors (Lipinski definition) is 3. The number of hydrogen-bond donors (Lipinski definition) is 2. The van der Waals surface area contributed by atoms with Crippen molar-refractivity contribution >= 4 is 35.0 Å². The summed E-state index contributed by atoms with van der Waals surface area (Å²) in [5.74, 6) is -0.554. The van der Waals surface area contributed by atoms with E-state index in [1.54, 1.807) is 6.07 Å². The lowest BCUT2D eigenvalue weighted by Gasteiger charge is -2.19. The standard InChI is InChI=1S/C20H19FN2O2.ClH/c1-11-4-3-5-14-12(2)19(25-18(11)14)20(24)23-16-7-6-13-10-22-9-8-15(13)17(16)21;/h3-7,22H,8-10H2,1-2H3,(H,23,24);1H. The first-order valence-electron chi connectivity index (χ1n) is 8.37. The Morgan fingerprint density at radius 3 is 2.81 bits per heavy atom. The summed E-state index contributed by atoms with van der Waals surface area (Å²) in [5, 5.41) is 6.79. The van der Waals surface area contributed by atoms with Gasteiger partial charge < -0.3 is 15.1 Å². The molecule has 2 N–H and O–H groups in total. The van der Waals surface area contributed by atoms with Gasteiger partial charge in [-0.1, -0.05) is 24.3 Å². The van der Waals surface area contributed by atoms with Gasteiger partial charge in [-0.2, -0.15) is 0 Å². The summed E-state index contributed by atoms with van der Waals surface area (Å²) in [6.45, 7) is 5.17. The van der Waals surface area contributed by atoms with Gasteiger partial charge in [0.25, 0.3) is 5.91 Å². The predicted molar refractivity (Wildman–Crippen MR) is 103 cm³/mol. The molecule has 4 rings (SSSR count). The molecule has 0 spiro atoms. The number of aryl methyl sites for hydroxylation is 2. The molecular formula is C20H20ClFN2O2. The normalized spacial score (nSPS) is 13.2. The number of rotatable bonds is 2. The molecule has 1 aromatic heterocycles. The van der Waals surface area contributed by atoms with E-state index in [0.717, 1.165) is 28.6 Å². The Hall–Kier alpha value is -2.37. The van der Waals surface area contributed by atoms with Crippen LogP contribution in [0, 0.1) is 19.7 Å². The maximum atomic E-state index is 14.7. The largest absolute Gasteiger partial charge is 0.450 e. The summed E-state index contributed by atoms with van der Waals surface area (Å²) in [4.78, 5) is 12.7. The van der Waals surface area contributed by atoms with E-state index in [4.69, 9.17) is 4.42 Å². The molecule has 1 aliphatic heterocycles. The fraction of sp³-hybridized carbons (Fsp3) is 0.250. The van der Waals surface area contributed by atoms with E-state index >= 15 is 0 Å². The van der Waals surface area contributed by atoms with Crippen molar-refractivity contribution in [2.24, 2.45) is 0 Å². The van der Waals surface area contributed by atoms with Gasteiger partial charge >= 0.3 is 0 Å². The lowest BCUT2D eigenvalue weighted by Crippen LogP contribution is -2.25. The zero-order chi connectivity index (χ0) is 17.6. The molecule has 6 heteroatoms. The molecule has 0 unspecified atom stereocenters. The SMILES string of the molecule is Cc1c(C(=O)Nc2ccc3c(c2F)CCNC3)oc2c(C)cccc12.Cl. The summed E-state index contributed by atoms with van der Waals surface area (Å²) in [5.41, 5.74) is 4.24. The molecule has 4 nitrogen and oxygen atoms in total. The Bertz CT molecular complexity index is 997. The van der Waals surface area contributed by atoms with Crippen LogP contribution >= 0.6 is 12.4 Å². The Morgan fingerprint density at radius 1 is 1.23 bits per heavy atom. The highest BCUT2D eigenvalue weighted by molar-refractivity contribution is 6.06. The van der Waals surface area contributed by atoms with Crippen LogP contribution in [0.1, 0.15) is 32.8 Å². The summed E-state index contributed by atoms with van der Waals surface area (Å²) < 4.78 is 20.5. The molecule has 136 valence electrons. The molecule has 2 aromatic carbocycles. The average molecular weight is 375 g/mol. The van der Waals surface area contributed by atoms with Gasteiger partial charge in [0.1, 0.15) is 11.4 Å². The maximum Gasteiger partial charge on any atom is 0.291 e. The molecule has 3 aromatic rings. The minimum absolute atomic E-state index is 0. The molecular weight excluding hydrogens is 355 g/mol. The van der Waals surface area contributed by atoms with Crippen molar-refractivity contribution in [3.05, 3.63) is 64.2 Å². The van der Waals surface area contributed by atoms with Crippen LogP contribution < -0.4 is 10.6 Å². The van der Waals surface area contributed by atoms with Crippen LogP contribution in [0.15, 0.2) is 34.7 Å². The second-order valence-electron chi connectivity index (χ2n) is 6.45. The Morgan fingerprint density at radius 2 is 2.04 bits per heavy atom. The van der Waals surface area contributed by atoms with E-state index < -0.39 is 5.91 Å². The molecule has 0 bridgehead atoms. The highest BCUT2D eigenvalue weighted by atomic mass is 35.5. The van der Waals surface area contributed by atoms with Crippen LogP contribution in [0.3, 0.4) is 0 Å². The highest BCUT2D eigenvalue weighted by Crippen LogP contribution is 2.29. The van der Waals surface area contributed by atoms with Crippen molar-refractivity contribution in [2.45, 2.75) is 26.8 Å². The van der Waals surface area contributed by atoms with E-state index in [0.29, 0.717) is 24.1 Å². The van der Waals surface area contributed by atoms with Crippen molar-refractivity contribution in [1.29, 1.82) is 0 Å². The van der Waals surface area contributed by atoms with Crippen LogP contribution in [0.2, 0.25) is 0 Å². The number of furan rings is 1. The van der Waals surface area contributed by atoms with Gasteiger partial charge in [0.15, 0.2) is 5.76 Å². The first kappa shape index (κ1) is 18.4. The quantitative estimate of drug-likeness (QED) is 0.694. The van der Waals surface area contributed by atoms with Crippen molar-refractivity contribution in [3.63, 3.8) is 0 Å². The van der Waals surface area contributed by atoms with Crippen molar-refractivity contribution in [2.75, 3.05) is 11.9 Å². The minimum atomic E-state index is -0.430. The van der Waals surface area contributed by atoms with Gasteiger partial charge in [0, 0.05) is 17.5 Å². The van der Waals surface area contributed by atoms with E-state index in [1.807, 2.05) is 38.1 Å². The molecule has 1 amide bonds. The van der Waals surface area contributed by atoms with Crippen LogP contribution in [-0.2, 0) is 13.0 Å². The molecule has 0 atom stereocenters. The number of benzene rings is 2. The van der Waals surface area contributed by atoms with E-state index in [-0.39, 0.29) is 29.7 Å². The molecule has 0 aliphatic carbocycles. The third-order valence-corrected chi connectivity index (χ3v) is 4.82. The molecule has 26 heavy (non-hydrogen) atoms. The van der Waals surface area contributed by atoms with Crippen LogP contribution in [0.25, 0.3) is 11.0 Å². The number of carbonyl (C=O) groups excluding carboxylic acids is 1. The van der Waals surface area contributed by atoms with E-state index in [2.05, 4.69) is 10.6 Å². The summed E-state index contributed by atoms with van der Waals surface area (Å²) in [7, 11) is 0. The van der Waals surface area contributed by atoms with Crippen LogP contribution in [0.4, 0.5) is 10.1 Å². The first-order chi connectivity index (χ1) is 12.1. The topological polar surface area (TPSA) is 54.3 Å². The molecule has 0 radical (unpaired) electrons. The third kappa shape index (κ3) is 2.97. The lowest BCUT2D eigenvalue weighted by molar-refractivity contribution is 0.0997. The zero-order valence-corrected chi connectivity index (χ0v) is 15.4. The van der Waals surface area contributed by atoms with Crippen LogP contribution in [-0.4, -0.2) is 12.5 Å². The van der Waals surface area contributed by atoms with Gasteiger partial charge in [-0.3, -0.25) is 4.79 Å². The Balaban J connectivity index is 0.00000196. The van der Waals surface area contributed by atoms with Gasteiger partial charge in [-0.05, 0) is 49.6 Å². The zero-order valence-electron chi connectivity index (χ0n) is 14.6. The predicted octanol–water partition coefficient (Wildman–Crippen LogP) is 4.51. The number of halogens is 2. The van der Waals surface area contributed by atoms with Gasteiger partial charge in [0.2, 0.25) is 0 Å². The second-order valence-corrected chi connectivity index (χ2v) is 6.45. The van der Waals surface area contributed by atoms with E-state index in [9.17, 15) is 9.18 Å². The fourth-order valence-corrected chi connectivity index (χ4v) is 3.41. The number of nitrogens with one attached hydrogen (secondary N) is 2. The lowest BCUT2D eigenvalue weighted by atomic mass is 9.99. The molecule has 0 saturated heterocycles. The average Bonchev–Trinajstić information content (AvgIpc) is 2.96. The second kappa shape index (κ2) is 7.09. The fourth-order valence-electron chi connectivity index (χ4n) is 3.41. The minimum Gasteiger partial charge on any atom is -0.450 e. The number of amides is 1. The summed E-state index contributed by atoms with van der Waals surface area (Å²) >= 11 is 0. The van der Waals surface area contributed by atoms with E-state index in [1.165, 1.54) is 0 Å². The number of anilines is 1.